The van der Waals surface area contributed by atoms with Gasteiger partial charge in [-0.2, -0.15) is 0 Å². The lowest BCUT2D eigenvalue weighted by molar-refractivity contribution is -0.148. The minimum absolute atomic E-state index is 0.249. The molecular formula is C19H31NOS. The van der Waals surface area contributed by atoms with Gasteiger partial charge in [-0.3, -0.25) is 9.10 Å². The molecule has 0 spiro atoms. The summed E-state index contributed by atoms with van der Waals surface area (Å²) < 4.78 is 1.81. The van der Waals surface area contributed by atoms with Gasteiger partial charge in [-0.1, -0.05) is 33.6 Å². The maximum atomic E-state index is 12.1. The minimum Gasteiger partial charge on any atom is -0.286 e. The summed E-state index contributed by atoms with van der Waals surface area (Å²) >= 11 is 4.58. The Balaban J connectivity index is 1.65. The van der Waals surface area contributed by atoms with Gasteiger partial charge in [-0.25, -0.2) is 0 Å². The summed E-state index contributed by atoms with van der Waals surface area (Å²) in [6.45, 7) is 7.54. The molecule has 0 bridgehead atoms. The lowest BCUT2D eigenvalue weighted by Crippen LogP contribution is -2.60. The Kier molecular flexibility index (Phi) is 3.43. The van der Waals surface area contributed by atoms with Gasteiger partial charge in [-0.15, -0.1) is 0 Å². The highest BCUT2D eigenvalue weighted by Gasteiger charge is 2.60. The Hall–Kier alpha value is -0.180. The van der Waals surface area contributed by atoms with E-state index < -0.39 is 0 Å². The Morgan fingerprint density at radius 2 is 1.73 bits per heavy atom. The predicted octanol–water partition coefficient (Wildman–Crippen LogP) is 4.70. The smallest absolute Gasteiger partial charge is 0.232 e. The first-order valence-electron chi connectivity index (χ1n) is 9.39. The first kappa shape index (κ1) is 15.4. The van der Waals surface area contributed by atoms with Crippen LogP contribution in [0.3, 0.4) is 0 Å². The van der Waals surface area contributed by atoms with Crippen LogP contribution in [0, 0.1) is 34.5 Å². The zero-order valence-corrected chi connectivity index (χ0v) is 15.2. The van der Waals surface area contributed by atoms with Crippen molar-refractivity contribution < 1.29 is 4.79 Å². The van der Waals surface area contributed by atoms with Crippen LogP contribution in [-0.4, -0.2) is 16.3 Å². The highest BCUT2D eigenvalue weighted by atomic mass is 32.1. The summed E-state index contributed by atoms with van der Waals surface area (Å²) in [5.41, 5.74) is 0.904. The number of carbonyl (C=O) groups is 1. The quantitative estimate of drug-likeness (QED) is 0.641. The molecule has 0 aromatic rings. The molecule has 4 fully saturated rings. The van der Waals surface area contributed by atoms with E-state index in [0.29, 0.717) is 23.3 Å². The molecule has 2 nitrogen and oxygen atoms in total. The van der Waals surface area contributed by atoms with Crippen LogP contribution in [0.1, 0.15) is 72.1 Å². The van der Waals surface area contributed by atoms with Crippen LogP contribution in [0.5, 0.6) is 0 Å². The van der Waals surface area contributed by atoms with Crippen molar-refractivity contribution >= 4 is 18.7 Å². The highest BCUT2D eigenvalue weighted by Crippen LogP contribution is 2.66. The first-order chi connectivity index (χ1) is 10.4. The zero-order chi connectivity index (χ0) is 15.7. The van der Waals surface area contributed by atoms with Crippen molar-refractivity contribution in [3.05, 3.63) is 0 Å². The molecule has 7 unspecified atom stereocenters. The van der Waals surface area contributed by atoms with Gasteiger partial charge in [0.15, 0.2) is 0 Å². The van der Waals surface area contributed by atoms with Crippen LogP contribution in [0.25, 0.3) is 0 Å². The van der Waals surface area contributed by atoms with Gasteiger partial charge >= 0.3 is 0 Å². The van der Waals surface area contributed by atoms with Crippen LogP contribution in [0.15, 0.2) is 0 Å². The molecule has 3 heteroatoms. The highest BCUT2D eigenvalue weighted by molar-refractivity contribution is 7.78. The molecule has 4 aliphatic rings. The summed E-state index contributed by atoms with van der Waals surface area (Å²) in [6.07, 6.45) is 9.96. The molecule has 0 aromatic carbocycles. The van der Waals surface area contributed by atoms with E-state index in [9.17, 15) is 4.79 Å². The molecule has 22 heavy (non-hydrogen) atoms. The normalized spacial score (nSPS) is 54.6. The second kappa shape index (κ2) is 4.91. The minimum atomic E-state index is 0.249. The molecule has 1 heterocycles. The van der Waals surface area contributed by atoms with Gasteiger partial charge in [-0.05, 0) is 79.4 Å². The van der Waals surface area contributed by atoms with E-state index in [1.54, 1.807) is 0 Å². The van der Waals surface area contributed by atoms with Crippen LogP contribution in [0.4, 0.5) is 0 Å². The largest absolute Gasteiger partial charge is 0.286 e. The monoisotopic (exact) mass is 321 g/mol. The lowest BCUT2D eigenvalue weighted by Gasteiger charge is -2.61. The maximum Gasteiger partial charge on any atom is 0.232 e. The Labute approximate surface area is 140 Å². The maximum absolute atomic E-state index is 12.1. The van der Waals surface area contributed by atoms with E-state index >= 15 is 0 Å². The molecule has 0 radical (unpaired) electrons. The number of thiol groups is 1. The van der Waals surface area contributed by atoms with Gasteiger partial charge in [0.1, 0.15) is 0 Å². The number of carbonyl (C=O) groups excluding carboxylic acids is 1. The topological polar surface area (TPSA) is 20.3 Å². The van der Waals surface area contributed by atoms with E-state index in [-0.39, 0.29) is 5.91 Å². The van der Waals surface area contributed by atoms with Crippen molar-refractivity contribution in [3.8, 4) is 0 Å². The fraction of sp³-hybridized carbons (Fsp3) is 0.947. The van der Waals surface area contributed by atoms with Gasteiger partial charge in [0.2, 0.25) is 5.91 Å². The summed E-state index contributed by atoms with van der Waals surface area (Å²) in [5.74, 6) is 3.81. The van der Waals surface area contributed by atoms with Crippen molar-refractivity contribution in [2.45, 2.75) is 78.2 Å². The fourth-order valence-corrected chi connectivity index (χ4v) is 7.60. The van der Waals surface area contributed by atoms with Crippen molar-refractivity contribution in [1.29, 1.82) is 0 Å². The van der Waals surface area contributed by atoms with Gasteiger partial charge in [0.05, 0.1) is 0 Å². The van der Waals surface area contributed by atoms with Crippen molar-refractivity contribution in [1.82, 2.24) is 4.31 Å². The average Bonchev–Trinajstić information content (AvgIpc) is 2.79. The van der Waals surface area contributed by atoms with Crippen molar-refractivity contribution in [3.63, 3.8) is 0 Å². The standard InChI is InChI=1S/C19H31NOS/c1-12-4-6-14-13-5-7-16-19(3,11-9-17(21)20(16)22)15(13)8-10-18(12,14)2/h12-16,22H,4-11H2,1-3H3. The zero-order valence-electron chi connectivity index (χ0n) is 14.3. The number of hydrogen-bond acceptors (Lipinski definition) is 2. The second-order valence-corrected chi connectivity index (χ2v) is 9.67. The SMILES string of the molecule is CC1CCC2C3CCC4N(S)C(=O)CCC4(C)C3CCC12C. The van der Waals surface area contributed by atoms with E-state index in [0.717, 1.165) is 30.1 Å². The number of piperidine rings is 1. The summed E-state index contributed by atoms with van der Waals surface area (Å²) in [5, 5.41) is 0. The van der Waals surface area contributed by atoms with E-state index in [4.69, 9.17) is 0 Å². The van der Waals surface area contributed by atoms with Crippen molar-refractivity contribution in [2.75, 3.05) is 0 Å². The van der Waals surface area contributed by atoms with Gasteiger partial charge in [0, 0.05) is 12.5 Å². The molecule has 3 aliphatic carbocycles. The van der Waals surface area contributed by atoms with E-state index in [1.165, 1.54) is 38.5 Å². The molecule has 4 rings (SSSR count). The van der Waals surface area contributed by atoms with E-state index in [2.05, 4.69) is 33.6 Å². The van der Waals surface area contributed by atoms with Gasteiger partial charge < -0.3 is 0 Å². The first-order valence-corrected chi connectivity index (χ1v) is 9.79. The second-order valence-electron chi connectivity index (χ2n) is 9.24. The molecule has 3 saturated carbocycles. The Morgan fingerprint density at radius 3 is 2.50 bits per heavy atom. The molecule has 0 N–H and O–H groups in total. The van der Waals surface area contributed by atoms with Crippen LogP contribution in [-0.2, 0) is 4.79 Å². The third-order valence-electron chi connectivity index (χ3n) is 8.72. The third kappa shape index (κ3) is 1.84. The third-order valence-corrected chi connectivity index (χ3v) is 9.22. The number of fused-ring (bicyclic) bond motifs is 5. The summed E-state index contributed by atoms with van der Waals surface area (Å²) in [6, 6.07) is 0.376. The molecular weight excluding hydrogens is 290 g/mol. The molecule has 1 saturated heterocycles. The molecule has 7 atom stereocenters. The van der Waals surface area contributed by atoms with E-state index in [1.807, 2.05) is 4.31 Å². The molecule has 0 aromatic heterocycles. The predicted molar refractivity (Wildman–Crippen MR) is 92.4 cm³/mol. The summed E-state index contributed by atoms with van der Waals surface area (Å²) in [4.78, 5) is 12.1. The molecule has 1 aliphatic heterocycles. The molecule has 1 amide bonds. The number of amides is 1. The fourth-order valence-electron chi connectivity index (χ4n) is 7.12. The van der Waals surface area contributed by atoms with Crippen molar-refractivity contribution in [2.24, 2.45) is 34.5 Å². The molecule has 124 valence electrons. The Morgan fingerprint density at radius 1 is 1.00 bits per heavy atom. The van der Waals surface area contributed by atoms with Crippen LogP contribution in [0.2, 0.25) is 0 Å². The van der Waals surface area contributed by atoms with Gasteiger partial charge in [0.25, 0.3) is 0 Å². The Bertz CT molecular complexity index is 494. The van der Waals surface area contributed by atoms with Crippen LogP contribution >= 0.6 is 12.8 Å². The van der Waals surface area contributed by atoms with Crippen LogP contribution < -0.4 is 0 Å². The number of rotatable bonds is 0. The summed E-state index contributed by atoms with van der Waals surface area (Å²) in [7, 11) is 0. The number of hydrogen-bond donors (Lipinski definition) is 1. The number of nitrogens with zero attached hydrogens (tertiary/aromatic N) is 1. The lowest BCUT2D eigenvalue weighted by atomic mass is 9.47. The average molecular weight is 322 g/mol.